The first-order chi connectivity index (χ1) is 13.4. The minimum Gasteiger partial charge on any atom is -0.258 e. The minimum atomic E-state index is -3.96. The number of hydrogen-bond acceptors (Lipinski definition) is 6. The summed E-state index contributed by atoms with van der Waals surface area (Å²) >= 11 is 1.18. The maximum atomic E-state index is 12.5. The number of hydrogen-bond donors (Lipinski definition) is 1. The third-order valence-electron chi connectivity index (χ3n) is 4.71. The maximum absolute atomic E-state index is 12.5. The van der Waals surface area contributed by atoms with Gasteiger partial charge >= 0.3 is 0 Å². The molecule has 0 aliphatic heterocycles. The molecule has 144 valence electrons. The van der Waals surface area contributed by atoms with Gasteiger partial charge < -0.3 is 0 Å². The molecular formula is C19H17N3O4S2. The Labute approximate surface area is 166 Å². The lowest BCUT2D eigenvalue weighted by molar-refractivity contribution is -0.385. The molecule has 1 aliphatic carbocycles. The van der Waals surface area contributed by atoms with E-state index in [1.807, 2.05) is 6.07 Å². The second kappa shape index (κ2) is 7.33. The Balaban J connectivity index is 1.58. The van der Waals surface area contributed by atoms with Crippen LogP contribution in [0.15, 0.2) is 52.7 Å². The maximum Gasteiger partial charge on any atom is 0.270 e. The van der Waals surface area contributed by atoms with E-state index < -0.39 is 14.9 Å². The van der Waals surface area contributed by atoms with Crippen LogP contribution in [0.1, 0.15) is 24.0 Å². The molecule has 1 aliphatic rings. The van der Waals surface area contributed by atoms with Crippen molar-refractivity contribution in [3.8, 4) is 11.3 Å². The lowest BCUT2D eigenvalue weighted by atomic mass is 9.90. The molecule has 0 radical (unpaired) electrons. The van der Waals surface area contributed by atoms with Crippen molar-refractivity contribution in [3.63, 3.8) is 0 Å². The number of fused-ring (bicyclic) bond motifs is 1. The number of nitrogens with one attached hydrogen (secondary N) is 1. The molecule has 0 fully saturated rings. The molecule has 3 aromatic rings. The molecule has 9 heteroatoms. The average molecular weight is 415 g/mol. The highest BCUT2D eigenvalue weighted by Gasteiger charge is 2.20. The molecular weight excluding hydrogens is 398 g/mol. The van der Waals surface area contributed by atoms with Crippen LogP contribution in [0.4, 0.5) is 10.8 Å². The Morgan fingerprint density at radius 1 is 1.07 bits per heavy atom. The molecule has 0 bridgehead atoms. The van der Waals surface area contributed by atoms with Crippen LogP contribution in [0.3, 0.4) is 0 Å². The number of nitro groups is 1. The Kier molecular flexibility index (Phi) is 4.86. The second-order valence-electron chi connectivity index (χ2n) is 6.59. The van der Waals surface area contributed by atoms with Gasteiger partial charge in [0.1, 0.15) is 0 Å². The summed E-state index contributed by atoms with van der Waals surface area (Å²) in [5.41, 5.74) is 4.08. The van der Waals surface area contributed by atoms with E-state index in [1.54, 1.807) is 5.38 Å². The number of anilines is 1. The quantitative estimate of drug-likeness (QED) is 0.491. The summed E-state index contributed by atoms with van der Waals surface area (Å²) in [4.78, 5) is 14.5. The standard InChI is InChI=1S/C19H17N3O4S2/c23-22(24)16-6-3-7-17(11-16)28(25,26)21-19-20-18(12-27-19)15-9-8-13-4-1-2-5-14(13)10-15/h3,6-12H,1-2,4-5H2,(H,20,21). The zero-order valence-electron chi connectivity index (χ0n) is 14.8. The number of sulfonamides is 1. The van der Waals surface area contributed by atoms with Crippen molar-refractivity contribution in [2.24, 2.45) is 0 Å². The van der Waals surface area contributed by atoms with Crippen LogP contribution in [0, 0.1) is 10.1 Å². The van der Waals surface area contributed by atoms with Gasteiger partial charge in [-0.05, 0) is 48.9 Å². The number of aromatic nitrogens is 1. The smallest absolute Gasteiger partial charge is 0.258 e. The van der Waals surface area contributed by atoms with Gasteiger partial charge in [-0.25, -0.2) is 13.4 Å². The van der Waals surface area contributed by atoms with E-state index in [2.05, 4.69) is 21.8 Å². The van der Waals surface area contributed by atoms with Crippen LogP contribution in [-0.2, 0) is 22.9 Å². The third-order valence-corrected chi connectivity index (χ3v) is 6.93. The van der Waals surface area contributed by atoms with Gasteiger partial charge in [-0.3, -0.25) is 14.8 Å². The number of nitrogens with zero attached hydrogens (tertiary/aromatic N) is 2. The summed E-state index contributed by atoms with van der Waals surface area (Å²) in [7, 11) is -3.96. The molecule has 2 aromatic carbocycles. The van der Waals surface area contributed by atoms with Crippen LogP contribution in [0.2, 0.25) is 0 Å². The van der Waals surface area contributed by atoms with Crippen molar-refractivity contribution in [1.82, 2.24) is 4.98 Å². The highest BCUT2D eigenvalue weighted by molar-refractivity contribution is 7.93. The van der Waals surface area contributed by atoms with E-state index in [-0.39, 0.29) is 15.7 Å². The zero-order valence-corrected chi connectivity index (χ0v) is 16.4. The average Bonchev–Trinajstić information content (AvgIpc) is 3.15. The van der Waals surface area contributed by atoms with Gasteiger partial charge in [-0.15, -0.1) is 11.3 Å². The van der Waals surface area contributed by atoms with Crippen LogP contribution < -0.4 is 4.72 Å². The number of thiazole rings is 1. The first-order valence-electron chi connectivity index (χ1n) is 8.77. The Morgan fingerprint density at radius 2 is 1.86 bits per heavy atom. The third kappa shape index (κ3) is 3.76. The highest BCUT2D eigenvalue weighted by atomic mass is 32.2. The molecule has 28 heavy (non-hydrogen) atoms. The lowest BCUT2D eigenvalue weighted by Gasteiger charge is -2.16. The van der Waals surface area contributed by atoms with E-state index in [1.165, 1.54) is 53.5 Å². The second-order valence-corrected chi connectivity index (χ2v) is 9.13. The number of aryl methyl sites for hydroxylation is 2. The minimum absolute atomic E-state index is 0.174. The molecule has 0 spiro atoms. The number of benzene rings is 2. The van der Waals surface area contributed by atoms with Crippen LogP contribution in [0.5, 0.6) is 0 Å². The van der Waals surface area contributed by atoms with E-state index in [4.69, 9.17) is 0 Å². The van der Waals surface area contributed by atoms with Crippen molar-refractivity contribution in [1.29, 1.82) is 0 Å². The predicted octanol–water partition coefficient (Wildman–Crippen LogP) is 4.40. The molecule has 7 nitrogen and oxygen atoms in total. The van der Waals surface area contributed by atoms with Gasteiger partial charge in [0.2, 0.25) is 0 Å². The van der Waals surface area contributed by atoms with Gasteiger partial charge in [-0.1, -0.05) is 18.2 Å². The van der Waals surface area contributed by atoms with E-state index >= 15 is 0 Å². The number of non-ortho nitro benzene ring substituents is 1. The van der Waals surface area contributed by atoms with Crippen LogP contribution >= 0.6 is 11.3 Å². The SMILES string of the molecule is O=[N+]([O-])c1cccc(S(=O)(=O)Nc2nc(-c3ccc4c(c3)CCCC4)cs2)c1. The molecule has 1 aromatic heterocycles. The van der Waals surface area contributed by atoms with Gasteiger partial charge in [0, 0.05) is 23.1 Å². The van der Waals surface area contributed by atoms with Crippen molar-refractivity contribution < 1.29 is 13.3 Å². The molecule has 1 heterocycles. The first-order valence-corrected chi connectivity index (χ1v) is 11.1. The number of rotatable bonds is 5. The van der Waals surface area contributed by atoms with Crippen molar-refractivity contribution in [2.45, 2.75) is 30.6 Å². The molecule has 0 amide bonds. The predicted molar refractivity (Wildman–Crippen MR) is 108 cm³/mol. The molecule has 0 saturated carbocycles. The van der Waals surface area contributed by atoms with E-state index in [0.29, 0.717) is 5.69 Å². The van der Waals surface area contributed by atoms with Crippen molar-refractivity contribution in [3.05, 3.63) is 69.1 Å². The van der Waals surface area contributed by atoms with Crippen LogP contribution in [0.25, 0.3) is 11.3 Å². The van der Waals surface area contributed by atoms with E-state index in [0.717, 1.165) is 24.5 Å². The number of nitro benzene ring substituents is 1. The van der Waals surface area contributed by atoms with Gasteiger partial charge in [-0.2, -0.15) is 0 Å². The first kappa shape index (κ1) is 18.6. The van der Waals surface area contributed by atoms with Gasteiger partial charge in [0.05, 0.1) is 15.5 Å². The Hall–Kier alpha value is -2.78. The van der Waals surface area contributed by atoms with E-state index in [9.17, 15) is 18.5 Å². The van der Waals surface area contributed by atoms with Crippen molar-refractivity contribution in [2.75, 3.05) is 4.72 Å². The molecule has 4 rings (SSSR count). The fourth-order valence-corrected chi connectivity index (χ4v) is 5.30. The Morgan fingerprint density at radius 3 is 2.64 bits per heavy atom. The zero-order chi connectivity index (χ0) is 19.7. The molecule has 0 atom stereocenters. The highest BCUT2D eigenvalue weighted by Crippen LogP contribution is 2.30. The summed E-state index contributed by atoms with van der Waals surface area (Å²) in [6.45, 7) is 0. The Bertz CT molecular complexity index is 1160. The van der Waals surface area contributed by atoms with Crippen LogP contribution in [-0.4, -0.2) is 18.3 Å². The summed E-state index contributed by atoms with van der Waals surface area (Å²) in [6, 6.07) is 11.2. The lowest BCUT2D eigenvalue weighted by Crippen LogP contribution is -2.13. The fourth-order valence-electron chi connectivity index (χ4n) is 3.28. The van der Waals surface area contributed by atoms with Gasteiger partial charge in [0.15, 0.2) is 5.13 Å². The van der Waals surface area contributed by atoms with Crippen molar-refractivity contribution >= 4 is 32.2 Å². The molecule has 1 N–H and O–H groups in total. The molecule has 0 unspecified atom stereocenters. The van der Waals surface area contributed by atoms with Gasteiger partial charge in [0.25, 0.3) is 15.7 Å². The fraction of sp³-hybridized carbons (Fsp3) is 0.211. The molecule has 0 saturated heterocycles. The topological polar surface area (TPSA) is 102 Å². The summed E-state index contributed by atoms with van der Waals surface area (Å²) in [5, 5.41) is 12.9. The largest absolute Gasteiger partial charge is 0.270 e. The normalized spacial score (nSPS) is 13.7. The summed E-state index contributed by atoms with van der Waals surface area (Å²) in [5.74, 6) is 0. The summed E-state index contributed by atoms with van der Waals surface area (Å²) < 4.78 is 27.5. The monoisotopic (exact) mass is 415 g/mol. The summed E-state index contributed by atoms with van der Waals surface area (Å²) in [6.07, 6.45) is 4.55.